The third-order valence-corrected chi connectivity index (χ3v) is 3.00. The first-order valence-electron chi connectivity index (χ1n) is 6.41. The van der Waals surface area contributed by atoms with Crippen molar-refractivity contribution in [2.75, 3.05) is 11.9 Å². The van der Waals surface area contributed by atoms with Gasteiger partial charge in [-0.15, -0.1) is 0 Å². The van der Waals surface area contributed by atoms with Crippen molar-refractivity contribution in [3.63, 3.8) is 0 Å². The van der Waals surface area contributed by atoms with Gasteiger partial charge in [-0.2, -0.15) is 0 Å². The van der Waals surface area contributed by atoms with Gasteiger partial charge in [0.2, 0.25) is 5.91 Å². The van der Waals surface area contributed by atoms with Crippen LogP contribution in [-0.2, 0) is 11.3 Å². The molecule has 0 spiro atoms. The summed E-state index contributed by atoms with van der Waals surface area (Å²) < 4.78 is 0. The van der Waals surface area contributed by atoms with Crippen molar-refractivity contribution >= 4 is 23.4 Å². The number of amides is 3. The minimum Gasteiger partial charge on any atom is -0.339 e. The van der Waals surface area contributed by atoms with E-state index in [1.165, 1.54) is 4.90 Å². The molecule has 0 aromatic carbocycles. The van der Waals surface area contributed by atoms with Crippen molar-refractivity contribution in [3.8, 4) is 0 Å². The first kappa shape index (κ1) is 13.0. The number of hydrogen-bond acceptors (Lipinski definition) is 5. The molecule has 0 atom stereocenters. The van der Waals surface area contributed by atoms with Gasteiger partial charge >= 0.3 is 6.03 Å². The molecule has 21 heavy (non-hydrogen) atoms. The van der Waals surface area contributed by atoms with E-state index in [4.69, 9.17) is 0 Å². The lowest BCUT2D eigenvalue weighted by molar-refractivity contribution is -0.118. The first-order valence-corrected chi connectivity index (χ1v) is 6.41. The van der Waals surface area contributed by atoms with Gasteiger partial charge in [-0.1, -0.05) is 0 Å². The second kappa shape index (κ2) is 5.58. The Morgan fingerprint density at radius 3 is 2.90 bits per heavy atom. The van der Waals surface area contributed by atoms with Crippen LogP contribution in [-0.4, -0.2) is 33.4 Å². The van der Waals surface area contributed by atoms with Crippen LogP contribution in [0.25, 0.3) is 0 Å². The summed E-state index contributed by atoms with van der Waals surface area (Å²) in [5.74, 6) is 0.384. The third-order valence-electron chi connectivity index (χ3n) is 3.00. The Bertz CT molecular complexity index is 674. The number of hydrogen-bond donors (Lipinski definition) is 2. The smallest absolute Gasteiger partial charge is 0.324 e. The van der Waals surface area contributed by atoms with Crippen molar-refractivity contribution < 1.29 is 9.59 Å². The SMILES string of the molecule is O=C1CN(Cc2ccnc(Nc3cccnc3)c2)C(=O)N1. The molecule has 3 heterocycles. The van der Waals surface area contributed by atoms with Crippen molar-refractivity contribution in [1.82, 2.24) is 20.2 Å². The molecule has 2 aromatic heterocycles. The Hall–Kier alpha value is -2.96. The molecular weight excluding hydrogens is 270 g/mol. The lowest BCUT2D eigenvalue weighted by Crippen LogP contribution is -2.27. The lowest BCUT2D eigenvalue weighted by atomic mass is 10.2. The van der Waals surface area contributed by atoms with E-state index in [1.807, 2.05) is 24.3 Å². The molecule has 1 saturated heterocycles. The second-order valence-corrected chi connectivity index (χ2v) is 4.63. The predicted molar refractivity (Wildman–Crippen MR) is 75.7 cm³/mol. The molecule has 1 aliphatic heterocycles. The van der Waals surface area contributed by atoms with E-state index >= 15 is 0 Å². The monoisotopic (exact) mass is 283 g/mol. The minimum atomic E-state index is -0.362. The number of carbonyl (C=O) groups excluding carboxylic acids is 2. The van der Waals surface area contributed by atoms with Gasteiger partial charge in [0, 0.05) is 18.9 Å². The van der Waals surface area contributed by atoms with Crippen molar-refractivity contribution in [3.05, 3.63) is 48.4 Å². The molecule has 2 aromatic rings. The molecule has 0 unspecified atom stereocenters. The Kier molecular flexibility index (Phi) is 3.46. The van der Waals surface area contributed by atoms with E-state index in [2.05, 4.69) is 20.6 Å². The highest BCUT2D eigenvalue weighted by atomic mass is 16.2. The van der Waals surface area contributed by atoms with E-state index < -0.39 is 0 Å². The van der Waals surface area contributed by atoms with Crippen LogP contribution in [0.4, 0.5) is 16.3 Å². The number of nitrogens with one attached hydrogen (secondary N) is 2. The highest BCUT2D eigenvalue weighted by Gasteiger charge is 2.26. The van der Waals surface area contributed by atoms with E-state index in [9.17, 15) is 9.59 Å². The summed E-state index contributed by atoms with van der Waals surface area (Å²) in [6.07, 6.45) is 5.04. The molecule has 0 saturated carbocycles. The molecule has 1 fully saturated rings. The summed E-state index contributed by atoms with van der Waals surface area (Å²) in [5.41, 5.74) is 1.72. The summed E-state index contributed by atoms with van der Waals surface area (Å²) in [6, 6.07) is 6.99. The fourth-order valence-corrected chi connectivity index (χ4v) is 2.06. The van der Waals surface area contributed by atoms with Gasteiger partial charge < -0.3 is 10.2 Å². The largest absolute Gasteiger partial charge is 0.339 e. The summed E-state index contributed by atoms with van der Waals surface area (Å²) in [5, 5.41) is 5.38. The van der Waals surface area contributed by atoms with Gasteiger partial charge in [0.05, 0.1) is 11.9 Å². The standard InChI is InChI=1S/C14H13N5O2/c20-13-9-19(14(21)18-13)8-10-3-5-16-12(6-10)17-11-2-1-4-15-7-11/h1-7H,8-9H2,(H,16,17)(H,18,20,21). The maximum Gasteiger partial charge on any atom is 0.324 e. The summed E-state index contributed by atoms with van der Waals surface area (Å²) in [7, 11) is 0. The molecule has 3 amide bonds. The van der Waals surface area contributed by atoms with Crippen molar-refractivity contribution in [2.45, 2.75) is 6.54 Å². The van der Waals surface area contributed by atoms with Crippen LogP contribution in [0.15, 0.2) is 42.9 Å². The zero-order chi connectivity index (χ0) is 14.7. The van der Waals surface area contributed by atoms with Gasteiger partial charge in [0.15, 0.2) is 0 Å². The fourth-order valence-electron chi connectivity index (χ4n) is 2.06. The molecule has 1 aliphatic rings. The molecule has 3 rings (SSSR count). The highest BCUT2D eigenvalue weighted by molar-refractivity contribution is 6.01. The number of rotatable bonds is 4. The topological polar surface area (TPSA) is 87.2 Å². The normalized spacial score (nSPS) is 14.2. The molecule has 0 aliphatic carbocycles. The van der Waals surface area contributed by atoms with E-state index in [0.29, 0.717) is 12.4 Å². The van der Waals surface area contributed by atoms with Crippen LogP contribution < -0.4 is 10.6 Å². The van der Waals surface area contributed by atoms with E-state index in [1.54, 1.807) is 18.6 Å². The molecule has 0 radical (unpaired) electrons. The summed E-state index contributed by atoms with van der Waals surface area (Å²) in [4.78, 5) is 32.4. The van der Waals surface area contributed by atoms with Gasteiger partial charge in [-0.05, 0) is 29.8 Å². The number of imide groups is 1. The van der Waals surface area contributed by atoms with Crippen LogP contribution in [0.3, 0.4) is 0 Å². The number of carbonyl (C=O) groups is 2. The molecular formula is C14H13N5O2. The van der Waals surface area contributed by atoms with Gasteiger partial charge in [0.25, 0.3) is 0 Å². The van der Waals surface area contributed by atoms with Gasteiger partial charge in [-0.3, -0.25) is 15.1 Å². The first-order chi connectivity index (χ1) is 10.2. The van der Waals surface area contributed by atoms with Crippen LogP contribution in [0.2, 0.25) is 0 Å². The quantitative estimate of drug-likeness (QED) is 0.825. The fraction of sp³-hybridized carbons (Fsp3) is 0.143. The van der Waals surface area contributed by atoms with Gasteiger partial charge in [-0.25, -0.2) is 9.78 Å². The lowest BCUT2D eigenvalue weighted by Gasteiger charge is -2.13. The Labute approximate surface area is 121 Å². The Morgan fingerprint density at radius 1 is 1.29 bits per heavy atom. The van der Waals surface area contributed by atoms with Gasteiger partial charge in [0.1, 0.15) is 12.4 Å². The Balaban J connectivity index is 1.71. The second-order valence-electron chi connectivity index (χ2n) is 4.63. The summed E-state index contributed by atoms with van der Waals surface area (Å²) in [6.45, 7) is 0.453. The average molecular weight is 283 g/mol. The van der Waals surface area contributed by atoms with Crippen LogP contribution >= 0.6 is 0 Å². The van der Waals surface area contributed by atoms with Crippen molar-refractivity contribution in [1.29, 1.82) is 0 Å². The number of aromatic nitrogens is 2. The minimum absolute atomic E-state index is 0.0898. The van der Waals surface area contributed by atoms with Crippen LogP contribution in [0.1, 0.15) is 5.56 Å². The molecule has 0 bridgehead atoms. The Morgan fingerprint density at radius 2 is 2.19 bits per heavy atom. The molecule has 7 heteroatoms. The van der Waals surface area contributed by atoms with E-state index in [0.717, 1.165) is 11.3 Å². The van der Waals surface area contributed by atoms with Crippen LogP contribution in [0, 0.1) is 0 Å². The van der Waals surface area contributed by atoms with E-state index in [-0.39, 0.29) is 18.5 Å². The average Bonchev–Trinajstić information content (AvgIpc) is 2.78. The zero-order valence-corrected chi connectivity index (χ0v) is 11.1. The van der Waals surface area contributed by atoms with Crippen LogP contribution in [0.5, 0.6) is 0 Å². The summed E-state index contributed by atoms with van der Waals surface area (Å²) >= 11 is 0. The molecule has 2 N–H and O–H groups in total. The number of urea groups is 1. The molecule has 106 valence electrons. The number of pyridine rings is 2. The zero-order valence-electron chi connectivity index (χ0n) is 11.1. The number of anilines is 2. The van der Waals surface area contributed by atoms with Crippen molar-refractivity contribution in [2.24, 2.45) is 0 Å². The predicted octanol–water partition coefficient (Wildman–Crippen LogP) is 1.27. The maximum absolute atomic E-state index is 11.5. The maximum atomic E-state index is 11.5. The molecule has 7 nitrogen and oxygen atoms in total. The third kappa shape index (κ3) is 3.14. The highest BCUT2D eigenvalue weighted by Crippen LogP contribution is 2.15. The number of nitrogens with zero attached hydrogens (tertiary/aromatic N) is 3.